The van der Waals surface area contributed by atoms with Crippen molar-refractivity contribution >= 4 is 11.6 Å². The zero-order chi connectivity index (χ0) is 13.1. The summed E-state index contributed by atoms with van der Waals surface area (Å²) in [6, 6.07) is 11.6. The van der Waals surface area contributed by atoms with Crippen LogP contribution < -0.4 is 5.32 Å². The fourth-order valence-corrected chi connectivity index (χ4v) is 1.75. The summed E-state index contributed by atoms with van der Waals surface area (Å²) in [7, 11) is 0. The van der Waals surface area contributed by atoms with Gasteiger partial charge < -0.3 is 5.32 Å². The second-order valence-electron chi connectivity index (χ2n) is 4.23. The monoisotopic (exact) mass is 243 g/mol. The molecule has 0 aromatic heterocycles. The quantitative estimate of drug-likeness (QED) is 0.856. The average Bonchev–Trinajstić information content (AvgIpc) is 2.34. The lowest BCUT2D eigenvalue weighted by atomic mass is 10.1. The van der Waals surface area contributed by atoms with Crippen LogP contribution in [0, 0.1) is 19.7 Å². The Bertz CT molecular complexity index is 593. The first kappa shape index (κ1) is 12.3. The van der Waals surface area contributed by atoms with Gasteiger partial charge in [0.2, 0.25) is 0 Å². The van der Waals surface area contributed by atoms with Crippen LogP contribution in [0.3, 0.4) is 0 Å². The minimum Gasteiger partial charge on any atom is -0.322 e. The highest BCUT2D eigenvalue weighted by Crippen LogP contribution is 2.18. The van der Waals surface area contributed by atoms with E-state index in [9.17, 15) is 9.18 Å². The van der Waals surface area contributed by atoms with Crippen molar-refractivity contribution in [2.24, 2.45) is 0 Å². The summed E-state index contributed by atoms with van der Waals surface area (Å²) in [4.78, 5) is 12.1. The molecule has 2 aromatic rings. The summed E-state index contributed by atoms with van der Waals surface area (Å²) in [5.74, 6) is -0.581. The number of aryl methyl sites for hydroxylation is 2. The molecule has 3 heteroatoms. The normalized spacial score (nSPS) is 10.2. The molecule has 0 heterocycles. The summed E-state index contributed by atoms with van der Waals surface area (Å²) in [6.45, 7) is 3.69. The third-order valence-electron chi connectivity index (χ3n) is 2.84. The van der Waals surface area contributed by atoms with Crippen molar-refractivity contribution < 1.29 is 9.18 Å². The fourth-order valence-electron chi connectivity index (χ4n) is 1.75. The van der Waals surface area contributed by atoms with E-state index in [0.29, 0.717) is 11.3 Å². The number of anilines is 1. The van der Waals surface area contributed by atoms with E-state index in [2.05, 4.69) is 5.32 Å². The maximum Gasteiger partial charge on any atom is 0.255 e. The topological polar surface area (TPSA) is 29.1 Å². The van der Waals surface area contributed by atoms with Crippen LogP contribution in [0.2, 0.25) is 0 Å². The SMILES string of the molecule is Cc1ccc(F)cc1NC(=O)c1ccccc1C. The third-order valence-corrected chi connectivity index (χ3v) is 2.84. The molecular formula is C15H14FNO. The molecule has 92 valence electrons. The maximum atomic E-state index is 13.1. The molecular weight excluding hydrogens is 229 g/mol. The Balaban J connectivity index is 2.27. The van der Waals surface area contributed by atoms with Crippen LogP contribution in [0.15, 0.2) is 42.5 Å². The molecule has 0 aliphatic rings. The molecule has 0 fully saturated rings. The van der Waals surface area contributed by atoms with Gasteiger partial charge >= 0.3 is 0 Å². The molecule has 2 nitrogen and oxygen atoms in total. The molecule has 1 amide bonds. The minimum absolute atomic E-state index is 0.221. The number of rotatable bonds is 2. The van der Waals surface area contributed by atoms with Crippen molar-refractivity contribution in [3.05, 3.63) is 65.0 Å². The summed E-state index contributed by atoms with van der Waals surface area (Å²) < 4.78 is 13.1. The van der Waals surface area contributed by atoms with Crippen LogP contribution in [0.4, 0.5) is 10.1 Å². The second-order valence-corrected chi connectivity index (χ2v) is 4.23. The smallest absolute Gasteiger partial charge is 0.255 e. The van der Waals surface area contributed by atoms with Gasteiger partial charge in [-0.1, -0.05) is 24.3 Å². The van der Waals surface area contributed by atoms with Gasteiger partial charge in [-0.2, -0.15) is 0 Å². The number of hydrogen-bond donors (Lipinski definition) is 1. The van der Waals surface area contributed by atoms with Gasteiger partial charge in [0, 0.05) is 11.3 Å². The summed E-state index contributed by atoms with van der Waals surface area (Å²) >= 11 is 0. The van der Waals surface area contributed by atoms with Crippen molar-refractivity contribution in [2.45, 2.75) is 13.8 Å². The Morgan fingerprint density at radius 3 is 2.50 bits per heavy atom. The second kappa shape index (κ2) is 5.00. The average molecular weight is 243 g/mol. The van der Waals surface area contributed by atoms with E-state index in [1.54, 1.807) is 18.2 Å². The molecule has 0 atom stereocenters. The highest BCUT2D eigenvalue weighted by molar-refractivity contribution is 6.05. The number of carbonyl (C=O) groups excluding carboxylic acids is 1. The van der Waals surface area contributed by atoms with E-state index in [0.717, 1.165) is 11.1 Å². The van der Waals surface area contributed by atoms with Crippen molar-refractivity contribution in [3.8, 4) is 0 Å². The van der Waals surface area contributed by atoms with E-state index in [4.69, 9.17) is 0 Å². The lowest BCUT2D eigenvalue weighted by Crippen LogP contribution is -2.14. The van der Waals surface area contributed by atoms with Crippen molar-refractivity contribution in [2.75, 3.05) is 5.32 Å². The number of benzene rings is 2. The molecule has 0 saturated carbocycles. The van der Waals surface area contributed by atoms with Gasteiger partial charge in [0.25, 0.3) is 5.91 Å². The van der Waals surface area contributed by atoms with Crippen LogP contribution in [-0.2, 0) is 0 Å². The van der Waals surface area contributed by atoms with Gasteiger partial charge in [0.15, 0.2) is 0 Å². The highest BCUT2D eigenvalue weighted by Gasteiger charge is 2.10. The first-order valence-electron chi connectivity index (χ1n) is 5.71. The molecule has 0 aliphatic carbocycles. The molecule has 18 heavy (non-hydrogen) atoms. The van der Waals surface area contributed by atoms with Crippen LogP contribution in [-0.4, -0.2) is 5.91 Å². The minimum atomic E-state index is -0.360. The van der Waals surface area contributed by atoms with E-state index >= 15 is 0 Å². The van der Waals surface area contributed by atoms with Crippen LogP contribution in [0.25, 0.3) is 0 Å². The van der Waals surface area contributed by atoms with Gasteiger partial charge in [0.05, 0.1) is 0 Å². The van der Waals surface area contributed by atoms with Gasteiger partial charge in [0.1, 0.15) is 5.82 Å². The Hall–Kier alpha value is -2.16. The molecule has 2 aromatic carbocycles. The predicted molar refractivity (Wildman–Crippen MR) is 70.3 cm³/mol. The lowest BCUT2D eigenvalue weighted by molar-refractivity contribution is 0.102. The standard InChI is InChI=1S/C15H14FNO/c1-10-5-3-4-6-13(10)15(18)17-14-9-12(16)8-7-11(14)2/h3-9H,1-2H3,(H,17,18). The van der Waals surface area contributed by atoms with E-state index in [-0.39, 0.29) is 11.7 Å². The zero-order valence-corrected chi connectivity index (χ0v) is 10.3. The van der Waals surface area contributed by atoms with Crippen molar-refractivity contribution in [3.63, 3.8) is 0 Å². The van der Waals surface area contributed by atoms with Crippen LogP contribution in [0.1, 0.15) is 21.5 Å². The van der Waals surface area contributed by atoms with Crippen LogP contribution >= 0.6 is 0 Å². The first-order valence-corrected chi connectivity index (χ1v) is 5.71. The van der Waals surface area contributed by atoms with Gasteiger partial charge in [-0.15, -0.1) is 0 Å². The van der Waals surface area contributed by atoms with E-state index in [1.165, 1.54) is 12.1 Å². The van der Waals surface area contributed by atoms with Gasteiger partial charge in [-0.25, -0.2) is 4.39 Å². The number of amides is 1. The predicted octanol–water partition coefficient (Wildman–Crippen LogP) is 3.69. The molecule has 0 radical (unpaired) electrons. The molecule has 1 N–H and O–H groups in total. The molecule has 0 spiro atoms. The molecule has 0 saturated heterocycles. The Morgan fingerprint density at radius 1 is 1.06 bits per heavy atom. The molecule has 0 bridgehead atoms. The fraction of sp³-hybridized carbons (Fsp3) is 0.133. The Labute approximate surface area is 105 Å². The summed E-state index contributed by atoms with van der Waals surface area (Å²) in [6.07, 6.45) is 0. The maximum absolute atomic E-state index is 13.1. The molecule has 0 aliphatic heterocycles. The Morgan fingerprint density at radius 2 is 1.78 bits per heavy atom. The van der Waals surface area contributed by atoms with Crippen molar-refractivity contribution in [1.82, 2.24) is 0 Å². The van der Waals surface area contributed by atoms with Crippen LogP contribution in [0.5, 0.6) is 0 Å². The highest BCUT2D eigenvalue weighted by atomic mass is 19.1. The molecule has 0 unspecified atom stereocenters. The van der Waals surface area contributed by atoms with Gasteiger partial charge in [-0.05, 0) is 43.2 Å². The zero-order valence-electron chi connectivity index (χ0n) is 10.3. The number of carbonyl (C=O) groups is 1. The number of halogens is 1. The third kappa shape index (κ3) is 2.56. The van der Waals surface area contributed by atoms with Crippen molar-refractivity contribution in [1.29, 1.82) is 0 Å². The van der Waals surface area contributed by atoms with E-state index < -0.39 is 0 Å². The first-order chi connectivity index (χ1) is 8.58. The molecule has 2 rings (SSSR count). The largest absolute Gasteiger partial charge is 0.322 e. The summed E-state index contributed by atoms with van der Waals surface area (Å²) in [5, 5.41) is 2.73. The Kier molecular flexibility index (Phi) is 3.42. The van der Waals surface area contributed by atoms with E-state index in [1.807, 2.05) is 26.0 Å². The summed E-state index contributed by atoms with van der Waals surface area (Å²) in [5.41, 5.74) is 2.83. The number of nitrogens with one attached hydrogen (secondary N) is 1. The van der Waals surface area contributed by atoms with Gasteiger partial charge in [-0.3, -0.25) is 4.79 Å². The number of hydrogen-bond acceptors (Lipinski definition) is 1. The lowest BCUT2D eigenvalue weighted by Gasteiger charge is -2.10.